The van der Waals surface area contributed by atoms with Crippen molar-refractivity contribution in [1.29, 1.82) is 5.26 Å². The summed E-state index contributed by atoms with van der Waals surface area (Å²) in [6.07, 6.45) is 4.23. The molecule has 2 heterocycles. The van der Waals surface area contributed by atoms with Gasteiger partial charge in [0.1, 0.15) is 30.0 Å². The third kappa shape index (κ3) is 3.53. The van der Waals surface area contributed by atoms with Crippen molar-refractivity contribution in [3.8, 4) is 11.8 Å². The summed E-state index contributed by atoms with van der Waals surface area (Å²) in [6, 6.07) is 12.4. The maximum absolute atomic E-state index is 12.9. The average molecular weight is 378 g/mol. The molecule has 6 heteroatoms. The van der Waals surface area contributed by atoms with Crippen molar-refractivity contribution < 1.29 is 18.7 Å². The second-order valence-corrected chi connectivity index (χ2v) is 7.34. The molecule has 6 nitrogen and oxygen atoms in total. The van der Waals surface area contributed by atoms with Crippen LogP contribution in [0.4, 0.5) is 0 Å². The van der Waals surface area contributed by atoms with Crippen LogP contribution in [0.3, 0.4) is 0 Å². The first kappa shape index (κ1) is 18.3. The third-order valence-electron chi connectivity index (χ3n) is 5.63. The zero-order valence-electron chi connectivity index (χ0n) is 15.6. The van der Waals surface area contributed by atoms with Gasteiger partial charge in [0, 0.05) is 24.9 Å². The predicted octanol–water partition coefficient (Wildman–Crippen LogP) is 3.70. The van der Waals surface area contributed by atoms with E-state index in [0.29, 0.717) is 30.0 Å². The van der Waals surface area contributed by atoms with Gasteiger partial charge in [-0.2, -0.15) is 5.26 Å². The molecule has 0 unspecified atom stereocenters. The van der Waals surface area contributed by atoms with Gasteiger partial charge in [-0.3, -0.25) is 9.59 Å². The van der Waals surface area contributed by atoms with Gasteiger partial charge >= 0.3 is 0 Å². The van der Waals surface area contributed by atoms with Gasteiger partial charge in [0.2, 0.25) is 0 Å². The smallest absolute Gasteiger partial charge is 0.289 e. The van der Waals surface area contributed by atoms with Crippen LogP contribution in [0.1, 0.15) is 54.0 Å². The Morgan fingerprint density at radius 2 is 2.07 bits per heavy atom. The summed E-state index contributed by atoms with van der Waals surface area (Å²) in [7, 11) is 0. The first-order valence-electron chi connectivity index (χ1n) is 9.71. The summed E-state index contributed by atoms with van der Waals surface area (Å²) in [5, 5.41) is 9.12. The summed E-state index contributed by atoms with van der Waals surface area (Å²) < 4.78 is 11.4. The number of benzene rings is 1. The summed E-state index contributed by atoms with van der Waals surface area (Å²) in [6.45, 7) is 0.797. The quantitative estimate of drug-likeness (QED) is 0.792. The molecule has 2 fully saturated rings. The Kier molecular flexibility index (Phi) is 5.16. The number of nitrogens with zero attached hydrogens (tertiary/aromatic N) is 2. The van der Waals surface area contributed by atoms with Crippen molar-refractivity contribution in [2.45, 2.75) is 44.8 Å². The van der Waals surface area contributed by atoms with Crippen LogP contribution in [0.15, 0.2) is 40.8 Å². The molecule has 0 bridgehead atoms. The molecule has 1 saturated heterocycles. The maximum atomic E-state index is 12.9. The number of carbonyl (C=O) groups is 2. The van der Waals surface area contributed by atoms with Crippen molar-refractivity contribution in [3.63, 3.8) is 0 Å². The van der Waals surface area contributed by atoms with Crippen LogP contribution in [-0.4, -0.2) is 29.2 Å². The molecule has 1 saturated carbocycles. The first-order valence-corrected chi connectivity index (χ1v) is 9.71. The van der Waals surface area contributed by atoms with E-state index in [4.69, 9.17) is 14.4 Å². The first-order chi connectivity index (χ1) is 13.7. The lowest BCUT2D eigenvalue weighted by molar-refractivity contribution is -0.121. The summed E-state index contributed by atoms with van der Waals surface area (Å²) >= 11 is 0. The monoisotopic (exact) mass is 378 g/mol. The van der Waals surface area contributed by atoms with E-state index in [-0.39, 0.29) is 36.0 Å². The number of likely N-dealkylation sites (tertiary alicyclic amines) is 1. The van der Waals surface area contributed by atoms with Gasteiger partial charge in [-0.05, 0) is 49.9 Å². The predicted molar refractivity (Wildman–Crippen MR) is 101 cm³/mol. The Morgan fingerprint density at radius 3 is 2.86 bits per heavy atom. The number of carbonyl (C=O) groups excluding carboxylic acids is 2. The van der Waals surface area contributed by atoms with Crippen LogP contribution in [0.25, 0.3) is 0 Å². The third-order valence-corrected chi connectivity index (χ3v) is 5.63. The summed E-state index contributed by atoms with van der Waals surface area (Å²) in [5.74, 6) is 1.37. The highest BCUT2D eigenvalue weighted by Crippen LogP contribution is 2.34. The Bertz CT molecular complexity index is 927. The minimum atomic E-state index is -0.161. The molecule has 0 spiro atoms. The van der Waals surface area contributed by atoms with Crippen molar-refractivity contribution >= 4 is 11.7 Å². The fourth-order valence-corrected chi connectivity index (χ4v) is 4.26. The number of para-hydroxylation sites is 1. The molecule has 1 aromatic carbocycles. The molecule has 2 aliphatic rings. The van der Waals surface area contributed by atoms with Crippen LogP contribution in [0, 0.1) is 17.2 Å². The fourth-order valence-electron chi connectivity index (χ4n) is 4.26. The number of furan rings is 1. The number of Topliss-reactive ketones (excluding diaryl/α,β-unsaturated/α-hetero) is 1. The van der Waals surface area contributed by atoms with Gasteiger partial charge < -0.3 is 14.1 Å². The zero-order valence-corrected chi connectivity index (χ0v) is 15.6. The highest BCUT2D eigenvalue weighted by molar-refractivity contribution is 5.93. The van der Waals surface area contributed by atoms with Gasteiger partial charge in [-0.1, -0.05) is 12.1 Å². The van der Waals surface area contributed by atoms with Gasteiger partial charge in [0.25, 0.3) is 5.91 Å². The Labute approximate surface area is 163 Å². The minimum absolute atomic E-state index is 0.00481. The van der Waals surface area contributed by atoms with Crippen LogP contribution >= 0.6 is 0 Å². The van der Waals surface area contributed by atoms with E-state index in [2.05, 4.69) is 6.07 Å². The fraction of sp³-hybridized carbons (Fsp3) is 0.409. The number of ketones is 1. The van der Waals surface area contributed by atoms with Gasteiger partial charge in [-0.25, -0.2) is 0 Å². The van der Waals surface area contributed by atoms with E-state index in [1.165, 1.54) is 0 Å². The van der Waals surface area contributed by atoms with E-state index in [1.54, 1.807) is 36.4 Å². The normalized spacial score (nSPS) is 21.7. The van der Waals surface area contributed by atoms with Crippen LogP contribution in [0.5, 0.6) is 5.75 Å². The van der Waals surface area contributed by atoms with E-state index >= 15 is 0 Å². The lowest BCUT2D eigenvalue weighted by atomic mass is 9.95. The number of ether oxygens (including phenoxy) is 1. The number of hydrogen-bond acceptors (Lipinski definition) is 5. The Balaban J connectivity index is 1.43. The van der Waals surface area contributed by atoms with Crippen LogP contribution < -0.4 is 4.74 Å². The molecule has 4 rings (SSSR count). The summed E-state index contributed by atoms with van der Waals surface area (Å²) in [5.41, 5.74) is 0.450. The SMILES string of the molecule is N#Cc1ccccc1OCc1ccc(C(=O)N2CCC[C@@H]2[C@@H]2CCCC2=O)o1. The van der Waals surface area contributed by atoms with Crippen molar-refractivity contribution in [2.24, 2.45) is 5.92 Å². The van der Waals surface area contributed by atoms with Crippen LogP contribution in [0.2, 0.25) is 0 Å². The van der Waals surface area contributed by atoms with Gasteiger partial charge in [0.15, 0.2) is 5.76 Å². The molecule has 2 atom stereocenters. The molecule has 0 N–H and O–H groups in total. The molecule has 1 amide bonds. The van der Waals surface area contributed by atoms with Gasteiger partial charge in [-0.15, -0.1) is 0 Å². The van der Waals surface area contributed by atoms with Crippen molar-refractivity contribution in [1.82, 2.24) is 4.90 Å². The molecule has 2 aromatic rings. The minimum Gasteiger partial charge on any atom is -0.484 e. The molecule has 1 aromatic heterocycles. The van der Waals surface area contributed by atoms with E-state index in [1.807, 2.05) is 4.90 Å². The largest absolute Gasteiger partial charge is 0.484 e. The topological polar surface area (TPSA) is 83.5 Å². The Morgan fingerprint density at radius 1 is 1.21 bits per heavy atom. The highest BCUT2D eigenvalue weighted by Gasteiger charge is 2.40. The number of nitriles is 1. The van der Waals surface area contributed by atoms with E-state index < -0.39 is 0 Å². The van der Waals surface area contributed by atoms with E-state index in [0.717, 1.165) is 25.7 Å². The van der Waals surface area contributed by atoms with Crippen molar-refractivity contribution in [3.05, 3.63) is 53.5 Å². The molecule has 144 valence electrons. The molecule has 0 radical (unpaired) electrons. The average Bonchev–Trinajstić information content (AvgIpc) is 3.46. The second-order valence-electron chi connectivity index (χ2n) is 7.34. The molecule has 1 aliphatic carbocycles. The standard InChI is InChI=1S/C22H22N2O4/c23-13-15-5-1-2-9-20(15)27-14-16-10-11-21(28-16)22(26)24-12-4-7-18(24)17-6-3-8-19(17)25/h1-2,5,9-11,17-18H,3-4,6-8,12,14H2/t17-,18+/m0/s1. The zero-order chi connectivity index (χ0) is 19.5. The Hall–Kier alpha value is -3.07. The van der Waals surface area contributed by atoms with Crippen LogP contribution in [-0.2, 0) is 11.4 Å². The molecule has 1 aliphatic heterocycles. The molecular formula is C22H22N2O4. The number of rotatable bonds is 5. The second kappa shape index (κ2) is 7.89. The lowest BCUT2D eigenvalue weighted by Crippen LogP contribution is -2.41. The highest BCUT2D eigenvalue weighted by atomic mass is 16.5. The lowest BCUT2D eigenvalue weighted by Gasteiger charge is -2.27. The van der Waals surface area contributed by atoms with Crippen molar-refractivity contribution in [2.75, 3.05) is 6.54 Å². The number of amides is 1. The molecule has 28 heavy (non-hydrogen) atoms. The maximum Gasteiger partial charge on any atom is 0.289 e. The number of hydrogen-bond donors (Lipinski definition) is 0. The molecular weight excluding hydrogens is 356 g/mol. The summed E-state index contributed by atoms with van der Waals surface area (Å²) in [4.78, 5) is 26.9. The van der Waals surface area contributed by atoms with Gasteiger partial charge in [0.05, 0.1) is 5.56 Å². The van der Waals surface area contributed by atoms with E-state index in [9.17, 15) is 9.59 Å².